The Kier molecular flexibility index (Phi) is 6.00. The number of sulfonamides is 1. The molecule has 9 heteroatoms. The van der Waals surface area contributed by atoms with E-state index in [1.165, 1.54) is 17.0 Å². The highest BCUT2D eigenvalue weighted by Crippen LogP contribution is 2.31. The van der Waals surface area contributed by atoms with Crippen molar-refractivity contribution < 1.29 is 27.1 Å². The van der Waals surface area contributed by atoms with Crippen LogP contribution in [0.1, 0.15) is 10.4 Å². The maximum Gasteiger partial charge on any atom is 0.261 e. The third-order valence-corrected chi connectivity index (χ3v) is 6.30. The lowest BCUT2D eigenvalue weighted by molar-refractivity contribution is 0.0521. The van der Waals surface area contributed by atoms with E-state index < -0.39 is 15.8 Å². The van der Waals surface area contributed by atoms with Gasteiger partial charge in [0.05, 0.1) is 22.7 Å². The lowest BCUT2D eigenvalue weighted by Gasteiger charge is -2.30. The average molecular weight is 456 g/mol. The van der Waals surface area contributed by atoms with Gasteiger partial charge in [0.25, 0.3) is 15.9 Å². The zero-order valence-electron chi connectivity index (χ0n) is 17.2. The van der Waals surface area contributed by atoms with E-state index in [1.807, 2.05) is 18.2 Å². The van der Waals surface area contributed by atoms with E-state index in [2.05, 4.69) is 4.72 Å². The standard InChI is InChI=1S/C23H21FN2O5S/c1-26(14-17-15-30-21-8-4-5-9-22(21)31-17)23(27)19-6-2-3-7-20(19)25-32(28,29)18-12-10-16(24)11-13-18/h2-13,17,25H,14-15H2,1H3. The lowest BCUT2D eigenvalue weighted by Crippen LogP contribution is -2.42. The van der Waals surface area contributed by atoms with E-state index in [0.717, 1.165) is 24.3 Å². The van der Waals surface area contributed by atoms with E-state index in [9.17, 15) is 17.6 Å². The maximum absolute atomic E-state index is 13.2. The summed E-state index contributed by atoms with van der Waals surface area (Å²) in [6, 6.07) is 18.0. The van der Waals surface area contributed by atoms with Gasteiger partial charge in [-0.3, -0.25) is 9.52 Å². The summed E-state index contributed by atoms with van der Waals surface area (Å²) in [5, 5.41) is 0. The summed E-state index contributed by atoms with van der Waals surface area (Å²) in [5.74, 6) is 0.331. The number of carbonyl (C=O) groups excluding carboxylic acids is 1. The molecule has 0 aliphatic carbocycles. The second-order valence-corrected chi connectivity index (χ2v) is 8.97. The number of carbonyl (C=O) groups is 1. The summed E-state index contributed by atoms with van der Waals surface area (Å²) >= 11 is 0. The average Bonchev–Trinajstić information content (AvgIpc) is 2.79. The van der Waals surface area contributed by atoms with E-state index in [-0.39, 0.29) is 41.3 Å². The number of benzene rings is 3. The van der Waals surface area contributed by atoms with Crippen LogP contribution in [0.2, 0.25) is 0 Å². The Morgan fingerprint density at radius 2 is 1.69 bits per heavy atom. The first kappa shape index (κ1) is 21.6. The molecule has 0 fully saturated rings. The number of rotatable bonds is 6. The van der Waals surface area contributed by atoms with Gasteiger partial charge in [-0.1, -0.05) is 24.3 Å². The number of hydrogen-bond donors (Lipinski definition) is 1. The Hall–Kier alpha value is -3.59. The van der Waals surface area contributed by atoms with Crippen LogP contribution < -0.4 is 14.2 Å². The summed E-state index contributed by atoms with van der Waals surface area (Å²) < 4.78 is 52.6. The number of amides is 1. The highest BCUT2D eigenvalue weighted by atomic mass is 32.2. The highest BCUT2D eigenvalue weighted by molar-refractivity contribution is 7.92. The molecule has 0 bridgehead atoms. The van der Waals surface area contributed by atoms with Crippen LogP contribution in [0.15, 0.2) is 77.7 Å². The molecule has 1 heterocycles. The molecule has 1 aliphatic heterocycles. The Morgan fingerprint density at radius 1 is 1.03 bits per heavy atom. The summed E-state index contributed by atoms with van der Waals surface area (Å²) in [7, 11) is -2.40. The highest BCUT2D eigenvalue weighted by Gasteiger charge is 2.26. The molecule has 0 radical (unpaired) electrons. The number of hydrogen-bond acceptors (Lipinski definition) is 5. The SMILES string of the molecule is CN(CC1COc2ccccc2O1)C(=O)c1ccccc1NS(=O)(=O)c1ccc(F)cc1. The fourth-order valence-electron chi connectivity index (χ4n) is 3.32. The molecule has 4 rings (SSSR count). The number of nitrogens with zero attached hydrogens (tertiary/aromatic N) is 1. The third kappa shape index (κ3) is 4.67. The number of halogens is 1. The largest absolute Gasteiger partial charge is 0.486 e. The van der Waals surface area contributed by atoms with E-state index in [1.54, 1.807) is 25.2 Å². The first-order chi connectivity index (χ1) is 15.3. The van der Waals surface area contributed by atoms with Crippen molar-refractivity contribution >= 4 is 21.6 Å². The fraction of sp³-hybridized carbons (Fsp3) is 0.174. The molecule has 3 aromatic rings. The predicted molar refractivity (Wildman–Crippen MR) is 117 cm³/mol. The molecule has 1 amide bonds. The van der Waals surface area contributed by atoms with Crippen molar-refractivity contribution in [2.24, 2.45) is 0 Å². The smallest absolute Gasteiger partial charge is 0.261 e. The molecule has 0 saturated carbocycles. The van der Waals surface area contributed by atoms with E-state index in [4.69, 9.17) is 9.47 Å². The molecule has 3 aromatic carbocycles. The quantitative estimate of drug-likeness (QED) is 0.613. The zero-order chi connectivity index (χ0) is 22.7. The predicted octanol–water partition coefficient (Wildman–Crippen LogP) is 3.54. The number of anilines is 1. The minimum atomic E-state index is -4.00. The van der Waals surface area contributed by atoms with Gasteiger partial charge in [0.2, 0.25) is 0 Å². The van der Waals surface area contributed by atoms with Crippen LogP contribution in [0.25, 0.3) is 0 Å². The monoisotopic (exact) mass is 456 g/mol. The normalized spacial score (nSPS) is 15.1. The summed E-state index contributed by atoms with van der Waals surface area (Å²) in [6.45, 7) is 0.527. The summed E-state index contributed by atoms with van der Waals surface area (Å²) in [6.07, 6.45) is -0.373. The number of nitrogens with one attached hydrogen (secondary N) is 1. The van der Waals surface area contributed by atoms with Gasteiger partial charge in [-0.2, -0.15) is 0 Å². The van der Waals surface area contributed by atoms with Gasteiger partial charge in [0, 0.05) is 7.05 Å². The van der Waals surface area contributed by atoms with Gasteiger partial charge in [-0.15, -0.1) is 0 Å². The first-order valence-corrected chi connectivity index (χ1v) is 11.3. The maximum atomic E-state index is 13.2. The summed E-state index contributed by atoms with van der Waals surface area (Å²) in [5.41, 5.74) is 0.303. The van der Waals surface area contributed by atoms with Crippen molar-refractivity contribution in [2.75, 3.05) is 24.9 Å². The molecular formula is C23H21FN2O5S. The van der Waals surface area contributed by atoms with Gasteiger partial charge in [-0.25, -0.2) is 12.8 Å². The molecule has 0 aromatic heterocycles. The van der Waals surface area contributed by atoms with Crippen molar-refractivity contribution in [3.63, 3.8) is 0 Å². The molecule has 166 valence electrons. The van der Waals surface area contributed by atoms with Crippen LogP contribution in [0.5, 0.6) is 11.5 Å². The van der Waals surface area contributed by atoms with Crippen molar-refractivity contribution in [2.45, 2.75) is 11.0 Å². The lowest BCUT2D eigenvalue weighted by atomic mass is 10.1. The molecule has 0 spiro atoms. The number of likely N-dealkylation sites (N-methyl/N-ethyl adjacent to an activating group) is 1. The van der Waals surface area contributed by atoms with Gasteiger partial charge in [0.15, 0.2) is 17.6 Å². The van der Waals surface area contributed by atoms with Crippen LogP contribution >= 0.6 is 0 Å². The Bertz CT molecular complexity index is 1230. The molecule has 1 N–H and O–H groups in total. The Balaban J connectivity index is 1.49. The fourth-order valence-corrected chi connectivity index (χ4v) is 4.40. The minimum absolute atomic E-state index is 0.110. The van der Waals surface area contributed by atoms with Crippen molar-refractivity contribution in [3.8, 4) is 11.5 Å². The van der Waals surface area contributed by atoms with Crippen molar-refractivity contribution in [1.82, 2.24) is 4.90 Å². The van der Waals surface area contributed by atoms with Gasteiger partial charge in [0.1, 0.15) is 12.4 Å². The Labute approximate surface area is 185 Å². The zero-order valence-corrected chi connectivity index (χ0v) is 18.0. The van der Waals surface area contributed by atoms with E-state index >= 15 is 0 Å². The molecule has 7 nitrogen and oxygen atoms in total. The number of para-hydroxylation sites is 3. The minimum Gasteiger partial charge on any atom is -0.486 e. The van der Waals surface area contributed by atoms with Crippen LogP contribution in [0.4, 0.5) is 10.1 Å². The second kappa shape index (κ2) is 8.88. The Morgan fingerprint density at radius 3 is 2.44 bits per heavy atom. The molecule has 1 atom stereocenters. The second-order valence-electron chi connectivity index (χ2n) is 7.29. The molecule has 1 aliphatic rings. The molecular weight excluding hydrogens is 435 g/mol. The van der Waals surface area contributed by atoms with Crippen molar-refractivity contribution in [3.05, 3.63) is 84.2 Å². The number of fused-ring (bicyclic) bond motifs is 1. The van der Waals surface area contributed by atoms with Crippen LogP contribution in [-0.2, 0) is 10.0 Å². The van der Waals surface area contributed by atoms with Gasteiger partial charge < -0.3 is 14.4 Å². The molecule has 0 saturated heterocycles. The molecule has 32 heavy (non-hydrogen) atoms. The summed E-state index contributed by atoms with van der Waals surface area (Å²) in [4.78, 5) is 14.4. The molecule has 1 unspecified atom stereocenters. The van der Waals surface area contributed by atoms with Crippen LogP contribution in [0.3, 0.4) is 0 Å². The first-order valence-electron chi connectivity index (χ1n) is 9.85. The number of ether oxygens (including phenoxy) is 2. The van der Waals surface area contributed by atoms with E-state index in [0.29, 0.717) is 11.5 Å². The third-order valence-electron chi connectivity index (χ3n) is 4.92. The topological polar surface area (TPSA) is 84.9 Å². The van der Waals surface area contributed by atoms with Gasteiger partial charge >= 0.3 is 0 Å². The van der Waals surface area contributed by atoms with Crippen LogP contribution in [0, 0.1) is 5.82 Å². The van der Waals surface area contributed by atoms with Crippen molar-refractivity contribution in [1.29, 1.82) is 0 Å². The van der Waals surface area contributed by atoms with Gasteiger partial charge in [-0.05, 0) is 48.5 Å². The van der Waals surface area contributed by atoms with Crippen LogP contribution in [-0.4, -0.2) is 45.5 Å².